The van der Waals surface area contributed by atoms with Crippen LogP contribution in [0.15, 0.2) is 0 Å². The summed E-state index contributed by atoms with van der Waals surface area (Å²) in [5, 5.41) is 0. The first kappa shape index (κ1) is 20.8. The van der Waals surface area contributed by atoms with Gasteiger partial charge in [0.2, 0.25) is 0 Å². The number of hydrogen-bond donors (Lipinski definition) is 0. The minimum absolute atomic E-state index is 0. The fourth-order valence-electron chi connectivity index (χ4n) is 2.19. The summed E-state index contributed by atoms with van der Waals surface area (Å²) in [6, 6.07) is 0. The van der Waals surface area contributed by atoms with E-state index >= 15 is 0 Å². The van der Waals surface area contributed by atoms with E-state index in [4.69, 9.17) is 0 Å². The van der Waals surface area contributed by atoms with Gasteiger partial charge < -0.3 is 4.48 Å². The summed E-state index contributed by atoms with van der Waals surface area (Å²) in [5.74, 6) is 0. The predicted octanol–water partition coefficient (Wildman–Crippen LogP) is 5.58. The molecule has 0 aliphatic heterocycles. The molecule has 0 aliphatic carbocycles. The molecule has 0 aromatic heterocycles. The topological polar surface area (TPSA) is 0 Å². The summed E-state index contributed by atoms with van der Waals surface area (Å²) >= 11 is 0. The smallest absolute Gasteiger partial charge is 0.0782 e. The zero-order valence-corrected chi connectivity index (χ0v) is 15.1. The van der Waals surface area contributed by atoms with Gasteiger partial charge in [0.05, 0.1) is 27.2 Å². The highest BCUT2D eigenvalue weighted by atomic mass is 79.9. The maximum atomic E-state index is 2.34. The van der Waals surface area contributed by atoms with Gasteiger partial charge in [0.15, 0.2) is 0 Å². The summed E-state index contributed by atoms with van der Waals surface area (Å²) in [4.78, 5) is 0. The molecule has 1 nitrogen and oxygen atoms in total. The molecule has 0 saturated carbocycles. The van der Waals surface area contributed by atoms with E-state index in [0.717, 1.165) is 0 Å². The molecule has 0 saturated heterocycles. The van der Waals surface area contributed by atoms with Gasteiger partial charge >= 0.3 is 0 Å². The number of quaternary nitrogens is 1. The van der Waals surface area contributed by atoms with Gasteiger partial charge in [0, 0.05) is 0 Å². The van der Waals surface area contributed by atoms with Crippen LogP contribution in [0.5, 0.6) is 0 Å². The normalized spacial score (nSPS) is 11.3. The van der Waals surface area contributed by atoms with Crippen LogP contribution in [-0.4, -0.2) is 31.7 Å². The summed E-state index contributed by atoms with van der Waals surface area (Å²) in [6.45, 7) is 7.19. The number of hydrogen-bond acceptors (Lipinski definition) is 0. The molecular formula is C16H37BrN+. The molecule has 0 spiro atoms. The molecule has 0 N–H and O–H groups in total. The van der Waals surface area contributed by atoms with Crippen LogP contribution in [0.4, 0.5) is 0 Å². The fourth-order valence-corrected chi connectivity index (χ4v) is 2.19. The van der Waals surface area contributed by atoms with Crippen LogP contribution in [0.3, 0.4) is 0 Å². The maximum absolute atomic E-state index is 2.34. The Morgan fingerprint density at radius 2 is 1.00 bits per heavy atom. The monoisotopic (exact) mass is 322 g/mol. The quantitative estimate of drug-likeness (QED) is 0.325. The highest BCUT2D eigenvalue weighted by Gasteiger charge is 2.09. The van der Waals surface area contributed by atoms with Gasteiger partial charge in [-0.3, -0.25) is 0 Å². The molecule has 0 aromatic carbocycles. The maximum Gasteiger partial charge on any atom is 0.0782 e. The highest BCUT2D eigenvalue weighted by molar-refractivity contribution is 8.93. The van der Waals surface area contributed by atoms with Crippen LogP contribution in [0.1, 0.15) is 78.1 Å². The van der Waals surface area contributed by atoms with Crippen molar-refractivity contribution in [3.05, 3.63) is 0 Å². The number of halogens is 1. The lowest BCUT2D eigenvalue weighted by molar-refractivity contribution is -0.888. The number of unbranched alkanes of at least 4 members (excludes halogenated alkanes) is 9. The lowest BCUT2D eigenvalue weighted by Crippen LogP contribution is -2.39. The first-order valence-corrected chi connectivity index (χ1v) is 7.94. The average Bonchev–Trinajstić information content (AvgIpc) is 2.31. The minimum atomic E-state index is 0. The molecule has 0 unspecified atom stereocenters. The molecule has 0 atom stereocenters. The Labute approximate surface area is 127 Å². The van der Waals surface area contributed by atoms with E-state index in [1.807, 2.05) is 0 Å². The third kappa shape index (κ3) is 14.5. The second-order valence-electron chi connectivity index (χ2n) is 6.16. The van der Waals surface area contributed by atoms with Gasteiger partial charge in [-0.2, -0.15) is 0 Å². The molecule has 0 heterocycles. The summed E-state index contributed by atoms with van der Waals surface area (Å²) in [7, 11) is 4.68. The van der Waals surface area contributed by atoms with Crippen LogP contribution in [-0.2, 0) is 0 Å². The first-order valence-electron chi connectivity index (χ1n) is 7.94. The number of nitrogens with zero attached hydrogens (tertiary/aromatic N) is 1. The molecule has 112 valence electrons. The second-order valence-corrected chi connectivity index (χ2v) is 6.16. The van der Waals surface area contributed by atoms with E-state index in [2.05, 4.69) is 27.9 Å². The van der Waals surface area contributed by atoms with Crippen molar-refractivity contribution < 1.29 is 4.48 Å². The van der Waals surface area contributed by atoms with E-state index in [-0.39, 0.29) is 17.0 Å². The van der Waals surface area contributed by atoms with Crippen molar-refractivity contribution in [3.63, 3.8) is 0 Å². The molecule has 2 heteroatoms. The number of rotatable bonds is 12. The van der Waals surface area contributed by atoms with Crippen molar-refractivity contribution in [2.24, 2.45) is 0 Å². The molecule has 0 aromatic rings. The van der Waals surface area contributed by atoms with E-state index in [1.165, 1.54) is 81.8 Å². The van der Waals surface area contributed by atoms with Crippen molar-refractivity contribution in [2.75, 3.05) is 27.2 Å². The van der Waals surface area contributed by atoms with Crippen LogP contribution in [0.2, 0.25) is 0 Å². The minimum Gasteiger partial charge on any atom is -0.329 e. The molecule has 0 aliphatic rings. The Hall–Kier alpha value is 0.440. The average molecular weight is 323 g/mol. The van der Waals surface area contributed by atoms with Gasteiger partial charge in [-0.1, -0.05) is 58.3 Å². The van der Waals surface area contributed by atoms with Crippen LogP contribution < -0.4 is 0 Å². The molecular weight excluding hydrogens is 286 g/mol. The van der Waals surface area contributed by atoms with E-state index < -0.39 is 0 Å². The molecule has 0 bridgehead atoms. The Morgan fingerprint density at radius 3 is 1.39 bits per heavy atom. The molecule has 18 heavy (non-hydrogen) atoms. The predicted molar refractivity (Wildman–Crippen MR) is 89.7 cm³/mol. The fraction of sp³-hybridized carbons (Fsp3) is 1.00. The summed E-state index contributed by atoms with van der Waals surface area (Å²) < 4.78 is 1.19. The Balaban J connectivity index is 0. The zero-order chi connectivity index (χ0) is 13.0. The summed E-state index contributed by atoms with van der Waals surface area (Å²) in [6.07, 6.45) is 14.4. The van der Waals surface area contributed by atoms with Crippen molar-refractivity contribution in [2.45, 2.75) is 78.1 Å². The van der Waals surface area contributed by atoms with Crippen LogP contribution in [0, 0.1) is 0 Å². The Kier molecular flexibility index (Phi) is 16.0. The van der Waals surface area contributed by atoms with Gasteiger partial charge in [0.1, 0.15) is 0 Å². The zero-order valence-electron chi connectivity index (χ0n) is 13.3. The lowest BCUT2D eigenvalue weighted by Gasteiger charge is -2.28. The van der Waals surface area contributed by atoms with E-state index in [9.17, 15) is 0 Å². The van der Waals surface area contributed by atoms with Crippen LogP contribution in [0.25, 0.3) is 0 Å². The van der Waals surface area contributed by atoms with E-state index in [1.54, 1.807) is 0 Å². The Morgan fingerprint density at radius 1 is 0.611 bits per heavy atom. The van der Waals surface area contributed by atoms with Crippen LogP contribution >= 0.6 is 17.0 Å². The molecule has 0 radical (unpaired) electrons. The Bertz CT molecular complexity index is 157. The standard InChI is InChI=1S/C16H36N.BrH/c1-5-7-8-9-10-11-12-13-14-15-16-17(3,4)6-2;/h5-16H2,1-4H3;1H/q+1;. The van der Waals surface area contributed by atoms with Crippen molar-refractivity contribution >= 4 is 17.0 Å². The lowest BCUT2D eigenvalue weighted by atomic mass is 10.1. The highest BCUT2D eigenvalue weighted by Crippen LogP contribution is 2.11. The van der Waals surface area contributed by atoms with Crippen molar-refractivity contribution in [1.29, 1.82) is 0 Å². The third-order valence-corrected chi connectivity index (χ3v) is 3.97. The molecule has 0 rings (SSSR count). The van der Waals surface area contributed by atoms with E-state index in [0.29, 0.717) is 0 Å². The first-order chi connectivity index (χ1) is 8.12. The van der Waals surface area contributed by atoms with Crippen molar-refractivity contribution in [1.82, 2.24) is 0 Å². The van der Waals surface area contributed by atoms with Gasteiger partial charge in [-0.15, -0.1) is 17.0 Å². The second kappa shape index (κ2) is 13.9. The van der Waals surface area contributed by atoms with Gasteiger partial charge in [-0.25, -0.2) is 0 Å². The molecule has 0 amide bonds. The van der Waals surface area contributed by atoms with Gasteiger partial charge in [0.25, 0.3) is 0 Å². The largest absolute Gasteiger partial charge is 0.329 e. The van der Waals surface area contributed by atoms with Crippen molar-refractivity contribution in [3.8, 4) is 0 Å². The molecule has 0 fully saturated rings. The SMILES string of the molecule is Br.CCCCCCCCCCCC[N+](C)(C)CC. The van der Waals surface area contributed by atoms with Gasteiger partial charge in [-0.05, 0) is 19.8 Å². The summed E-state index contributed by atoms with van der Waals surface area (Å²) in [5.41, 5.74) is 0. The third-order valence-electron chi connectivity index (χ3n) is 3.97.